The van der Waals surface area contributed by atoms with E-state index < -0.39 is 0 Å². The molecule has 1 N–H and O–H groups in total. The van der Waals surface area contributed by atoms with E-state index in [1.807, 2.05) is 25.1 Å². The summed E-state index contributed by atoms with van der Waals surface area (Å²) in [7, 11) is 3.56. The van der Waals surface area contributed by atoms with Crippen LogP contribution in [-0.2, 0) is 16.6 Å². The second kappa shape index (κ2) is 9.71. The predicted octanol–water partition coefficient (Wildman–Crippen LogP) is 0.299. The van der Waals surface area contributed by atoms with E-state index in [0.717, 1.165) is 18.2 Å². The number of halogens is 1. The predicted molar refractivity (Wildman–Crippen MR) is 100 cm³/mol. The van der Waals surface area contributed by atoms with Crippen molar-refractivity contribution in [2.24, 2.45) is 12.0 Å². The molecule has 1 saturated heterocycles. The third-order valence-corrected chi connectivity index (χ3v) is 3.47. The molecule has 1 aromatic rings. The Labute approximate surface area is 153 Å². The van der Waals surface area contributed by atoms with Gasteiger partial charge in [-0.2, -0.15) is 5.10 Å². The van der Waals surface area contributed by atoms with E-state index >= 15 is 0 Å². The summed E-state index contributed by atoms with van der Waals surface area (Å²) in [6.07, 6.45) is 3.56. The minimum Gasteiger partial charge on any atom is -0.380 e. The molecule has 0 aromatic carbocycles. The van der Waals surface area contributed by atoms with E-state index in [9.17, 15) is 4.79 Å². The van der Waals surface area contributed by atoms with Crippen LogP contribution in [0.15, 0.2) is 17.4 Å². The topological polar surface area (TPSA) is 75.0 Å². The first-order chi connectivity index (χ1) is 10.7. The summed E-state index contributed by atoms with van der Waals surface area (Å²) < 4.78 is 6.99. The second-order valence-corrected chi connectivity index (χ2v) is 5.01. The Kier molecular flexibility index (Phi) is 8.31. The quantitative estimate of drug-likeness (QED) is 0.311. The molecule has 130 valence electrons. The van der Waals surface area contributed by atoms with Gasteiger partial charge in [0.05, 0.1) is 18.5 Å². The van der Waals surface area contributed by atoms with Gasteiger partial charge < -0.3 is 19.9 Å². The van der Waals surface area contributed by atoms with Crippen molar-refractivity contribution in [3.63, 3.8) is 0 Å². The van der Waals surface area contributed by atoms with Crippen molar-refractivity contribution in [1.82, 2.24) is 20.0 Å². The van der Waals surface area contributed by atoms with Gasteiger partial charge in [-0.15, -0.1) is 24.0 Å². The van der Waals surface area contributed by atoms with Crippen LogP contribution in [0.4, 0.5) is 5.69 Å². The SMILES string of the molecule is CCOCCNC(=NC)N1CCN(c2cnn(C)c2)C(=O)C1.I. The number of anilines is 1. The number of amides is 1. The van der Waals surface area contributed by atoms with Gasteiger partial charge in [0.25, 0.3) is 0 Å². The Morgan fingerprint density at radius 2 is 2.26 bits per heavy atom. The first-order valence-electron chi connectivity index (χ1n) is 7.48. The second-order valence-electron chi connectivity index (χ2n) is 5.01. The van der Waals surface area contributed by atoms with Crippen LogP contribution in [0, 0.1) is 0 Å². The van der Waals surface area contributed by atoms with Gasteiger partial charge in [-0.3, -0.25) is 14.5 Å². The maximum atomic E-state index is 12.4. The Morgan fingerprint density at radius 3 is 2.83 bits per heavy atom. The number of rotatable bonds is 5. The smallest absolute Gasteiger partial charge is 0.246 e. The highest BCUT2D eigenvalue weighted by Gasteiger charge is 2.27. The molecule has 0 radical (unpaired) electrons. The zero-order chi connectivity index (χ0) is 15.9. The van der Waals surface area contributed by atoms with E-state index in [0.29, 0.717) is 32.8 Å². The summed E-state index contributed by atoms with van der Waals surface area (Å²) in [5.41, 5.74) is 0.839. The summed E-state index contributed by atoms with van der Waals surface area (Å²) in [5.74, 6) is 0.783. The highest BCUT2D eigenvalue weighted by atomic mass is 127. The van der Waals surface area contributed by atoms with E-state index in [4.69, 9.17) is 4.74 Å². The fourth-order valence-electron chi connectivity index (χ4n) is 2.39. The number of hydrogen-bond donors (Lipinski definition) is 1. The van der Waals surface area contributed by atoms with Crippen molar-refractivity contribution in [3.05, 3.63) is 12.4 Å². The Hall–Kier alpha value is -1.36. The molecule has 0 atom stereocenters. The molecule has 1 aliphatic rings. The van der Waals surface area contributed by atoms with E-state index in [2.05, 4.69) is 15.4 Å². The molecular weight excluding hydrogens is 411 g/mol. The van der Waals surface area contributed by atoms with Crippen molar-refractivity contribution in [2.75, 3.05) is 51.3 Å². The Morgan fingerprint density at radius 1 is 1.48 bits per heavy atom. The normalized spacial score (nSPS) is 15.6. The number of nitrogens with one attached hydrogen (secondary N) is 1. The number of ether oxygens (including phenoxy) is 1. The fraction of sp³-hybridized carbons (Fsp3) is 0.643. The summed E-state index contributed by atoms with van der Waals surface area (Å²) in [6.45, 7) is 5.62. The molecule has 9 heteroatoms. The molecular formula is C14H25IN6O2. The number of aryl methyl sites for hydroxylation is 1. The number of piperazine rings is 1. The van der Waals surface area contributed by atoms with Gasteiger partial charge in [0.1, 0.15) is 6.54 Å². The highest BCUT2D eigenvalue weighted by molar-refractivity contribution is 14.0. The van der Waals surface area contributed by atoms with E-state index in [-0.39, 0.29) is 29.9 Å². The summed E-state index contributed by atoms with van der Waals surface area (Å²) in [4.78, 5) is 20.3. The van der Waals surface area contributed by atoms with Crippen LogP contribution in [0.5, 0.6) is 0 Å². The van der Waals surface area contributed by atoms with Crippen molar-refractivity contribution < 1.29 is 9.53 Å². The number of hydrogen-bond acceptors (Lipinski definition) is 4. The van der Waals surface area contributed by atoms with Crippen LogP contribution in [0.1, 0.15) is 6.92 Å². The molecule has 0 saturated carbocycles. The van der Waals surface area contributed by atoms with Crippen LogP contribution in [0.2, 0.25) is 0 Å². The lowest BCUT2D eigenvalue weighted by Gasteiger charge is -2.35. The number of carbonyl (C=O) groups excluding carboxylic acids is 1. The number of aliphatic imine (C=N–C) groups is 1. The van der Waals surface area contributed by atoms with Gasteiger partial charge >= 0.3 is 0 Å². The molecule has 0 unspecified atom stereocenters. The monoisotopic (exact) mass is 436 g/mol. The highest BCUT2D eigenvalue weighted by Crippen LogP contribution is 2.15. The summed E-state index contributed by atoms with van der Waals surface area (Å²) >= 11 is 0. The molecule has 1 amide bonds. The number of guanidine groups is 1. The van der Waals surface area contributed by atoms with Crippen molar-refractivity contribution >= 4 is 41.5 Å². The van der Waals surface area contributed by atoms with Gasteiger partial charge in [0.2, 0.25) is 5.91 Å². The van der Waals surface area contributed by atoms with Gasteiger partial charge in [-0.1, -0.05) is 0 Å². The lowest BCUT2D eigenvalue weighted by Crippen LogP contribution is -2.55. The molecule has 2 rings (SSSR count). The summed E-state index contributed by atoms with van der Waals surface area (Å²) in [5, 5.41) is 7.33. The van der Waals surface area contributed by atoms with Gasteiger partial charge in [-0.05, 0) is 6.92 Å². The van der Waals surface area contributed by atoms with E-state index in [1.54, 1.807) is 22.8 Å². The molecule has 1 fully saturated rings. The van der Waals surface area contributed by atoms with Crippen LogP contribution in [-0.4, -0.2) is 73.0 Å². The lowest BCUT2D eigenvalue weighted by atomic mass is 10.3. The first kappa shape index (κ1) is 19.7. The molecule has 0 spiro atoms. The minimum absolute atomic E-state index is 0. The fourth-order valence-corrected chi connectivity index (χ4v) is 2.39. The van der Waals surface area contributed by atoms with Gasteiger partial charge in [-0.25, -0.2) is 0 Å². The Balaban J connectivity index is 0.00000264. The van der Waals surface area contributed by atoms with Crippen LogP contribution in [0.3, 0.4) is 0 Å². The van der Waals surface area contributed by atoms with E-state index in [1.165, 1.54) is 0 Å². The van der Waals surface area contributed by atoms with Crippen molar-refractivity contribution in [2.45, 2.75) is 6.92 Å². The molecule has 23 heavy (non-hydrogen) atoms. The lowest BCUT2D eigenvalue weighted by molar-refractivity contribution is -0.120. The maximum absolute atomic E-state index is 12.4. The number of aromatic nitrogens is 2. The average molecular weight is 436 g/mol. The summed E-state index contributed by atoms with van der Waals surface area (Å²) in [6, 6.07) is 0. The van der Waals surface area contributed by atoms with Crippen molar-refractivity contribution in [3.8, 4) is 0 Å². The molecule has 0 aliphatic carbocycles. The number of nitrogens with zero attached hydrogens (tertiary/aromatic N) is 5. The minimum atomic E-state index is 0. The third-order valence-electron chi connectivity index (χ3n) is 3.47. The van der Waals surface area contributed by atoms with Crippen LogP contribution < -0.4 is 10.2 Å². The van der Waals surface area contributed by atoms with Crippen LogP contribution in [0.25, 0.3) is 0 Å². The molecule has 2 heterocycles. The third kappa shape index (κ3) is 5.34. The van der Waals surface area contributed by atoms with Crippen molar-refractivity contribution in [1.29, 1.82) is 0 Å². The first-order valence-corrected chi connectivity index (χ1v) is 7.48. The zero-order valence-corrected chi connectivity index (χ0v) is 16.2. The molecule has 0 bridgehead atoms. The molecule has 1 aliphatic heterocycles. The molecule has 8 nitrogen and oxygen atoms in total. The average Bonchev–Trinajstić information content (AvgIpc) is 2.93. The zero-order valence-electron chi connectivity index (χ0n) is 13.9. The molecule has 1 aromatic heterocycles. The standard InChI is InChI=1S/C14H24N6O2.HI/c1-4-22-8-5-16-14(15-2)19-6-7-20(13(21)11-19)12-9-17-18(3)10-12;/h9-10H,4-8,11H2,1-3H3,(H,15,16);1H. The Bertz CT molecular complexity index is 533. The maximum Gasteiger partial charge on any atom is 0.246 e. The van der Waals surface area contributed by atoms with Gasteiger partial charge in [0.15, 0.2) is 5.96 Å². The van der Waals surface area contributed by atoms with Crippen LogP contribution >= 0.6 is 24.0 Å². The van der Waals surface area contributed by atoms with Gasteiger partial charge in [0, 0.05) is 46.5 Å². The number of carbonyl (C=O) groups is 1. The largest absolute Gasteiger partial charge is 0.380 e.